The number of nitrogens with one attached hydrogen (secondary N) is 1. The molecule has 1 aromatic rings. The van der Waals surface area contributed by atoms with Crippen molar-refractivity contribution in [1.82, 2.24) is 10.2 Å². The molecule has 0 aliphatic carbocycles. The van der Waals surface area contributed by atoms with Crippen molar-refractivity contribution in [1.29, 1.82) is 0 Å². The second-order valence-corrected chi connectivity index (χ2v) is 6.14. The van der Waals surface area contributed by atoms with E-state index in [1.54, 1.807) is 7.11 Å². The van der Waals surface area contributed by atoms with Gasteiger partial charge in [-0.15, -0.1) is 0 Å². The van der Waals surface area contributed by atoms with Crippen molar-refractivity contribution in [3.63, 3.8) is 0 Å². The van der Waals surface area contributed by atoms with Crippen molar-refractivity contribution in [2.45, 2.75) is 38.8 Å². The number of aliphatic imine (C=N–C) groups is 1. The van der Waals surface area contributed by atoms with Crippen LogP contribution in [0.15, 0.2) is 29.3 Å². The number of likely N-dealkylation sites (N-methyl/N-ethyl adjacent to an activating group) is 1. The van der Waals surface area contributed by atoms with E-state index in [1.807, 2.05) is 31.2 Å². The fraction of sp³-hybridized carbons (Fsp3) is 0.611. The highest BCUT2D eigenvalue weighted by molar-refractivity contribution is 5.77. The van der Waals surface area contributed by atoms with Gasteiger partial charge < -0.3 is 20.5 Å². The molecule has 2 unspecified atom stereocenters. The van der Waals surface area contributed by atoms with Gasteiger partial charge in [-0.25, -0.2) is 4.99 Å². The average Bonchev–Trinajstić information content (AvgIpc) is 3.06. The highest BCUT2D eigenvalue weighted by Gasteiger charge is 2.22. The van der Waals surface area contributed by atoms with Gasteiger partial charge in [0.1, 0.15) is 17.6 Å². The van der Waals surface area contributed by atoms with Crippen LogP contribution in [0.25, 0.3) is 0 Å². The summed E-state index contributed by atoms with van der Waals surface area (Å²) in [5.74, 6) is 2.04. The van der Waals surface area contributed by atoms with E-state index < -0.39 is 0 Å². The fourth-order valence-electron chi connectivity index (χ4n) is 2.99. The van der Waals surface area contributed by atoms with Crippen LogP contribution in [0.2, 0.25) is 0 Å². The lowest BCUT2D eigenvalue weighted by Crippen LogP contribution is -2.43. The molecule has 0 amide bonds. The molecule has 1 aromatic carbocycles. The Morgan fingerprint density at radius 2 is 2.25 bits per heavy atom. The second kappa shape index (κ2) is 9.37. The number of hydrogen-bond acceptors (Lipinski definition) is 4. The number of nitrogens with zero attached hydrogens (tertiary/aromatic N) is 2. The Labute approximate surface area is 145 Å². The first-order valence-corrected chi connectivity index (χ1v) is 8.71. The molecule has 0 bridgehead atoms. The summed E-state index contributed by atoms with van der Waals surface area (Å²) >= 11 is 0. The molecule has 1 saturated heterocycles. The molecule has 6 nitrogen and oxygen atoms in total. The van der Waals surface area contributed by atoms with E-state index in [2.05, 4.69) is 22.1 Å². The van der Waals surface area contributed by atoms with Crippen LogP contribution < -0.4 is 20.5 Å². The Balaban J connectivity index is 1.74. The molecule has 0 saturated carbocycles. The van der Waals surface area contributed by atoms with E-state index in [4.69, 9.17) is 15.2 Å². The van der Waals surface area contributed by atoms with Gasteiger partial charge in [-0.3, -0.25) is 4.90 Å². The van der Waals surface area contributed by atoms with Crippen molar-refractivity contribution in [2.75, 3.05) is 33.3 Å². The van der Waals surface area contributed by atoms with E-state index in [0.29, 0.717) is 18.5 Å². The molecule has 6 heteroatoms. The summed E-state index contributed by atoms with van der Waals surface area (Å²) in [5, 5.41) is 3.24. The van der Waals surface area contributed by atoms with Gasteiger partial charge in [-0.05, 0) is 45.0 Å². The third-order valence-corrected chi connectivity index (χ3v) is 4.32. The second-order valence-electron chi connectivity index (χ2n) is 6.14. The smallest absolute Gasteiger partial charge is 0.188 e. The summed E-state index contributed by atoms with van der Waals surface area (Å²) in [5.41, 5.74) is 5.97. The Morgan fingerprint density at radius 1 is 1.46 bits per heavy atom. The van der Waals surface area contributed by atoms with Crippen LogP contribution in [0, 0.1) is 0 Å². The normalized spacial score (nSPS) is 20.0. The van der Waals surface area contributed by atoms with Crippen molar-refractivity contribution in [3.8, 4) is 11.5 Å². The summed E-state index contributed by atoms with van der Waals surface area (Å²) in [7, 11) is 1.64. The van der Waals surface area contributed by atoms with Crippen molar-refractivity contribution in [3.05, 3.63) is 24.3 Å². The largest absolute Gasteiger partial charge is 0.497 e. The molecule has 24 heavy (non-hydrogen) atoms. The molecular weight excluding hydrogens is 304 g/mol. The van der Waals surface area contributed by atoms with Crippen LogP contribution in [0.1, 0.15) is 26.7 Å². The first-order valence-electron chi connectivity index (χ1n) is 8.71. The van der Waals surface area contributed by atoms with Gasteiger partial charge >= 0.3 is 0 Å². The van der Waals surface area contributed by atoms with Crippen molar-refractivity contribution < 1.29 is 9.47 Å². The lowest BCUT2D eigenvalue weighted by atomic mass is 10.2. The average molecular weight is 334 g/mol. The molecule has 0 aromatic heterocycles. The lowest BCUT2D eigenvalue weighted by molar-refractivity contribution is 0.229. The monoisotopic (exact) mass is 334 g/mol. The van der Waals surface area contributed by atoms with E-state index in [0.717, 1.165) is 24.6 Å². The van der Waals surface area contributed by atoms with Gasteiger partial charge in [0.15, 0.2) is 5.96 Å². The predicted molar refractivity (Wildman–Crippen MR) is 97.8 cm³/mol. The van der Waals surface area contributed by atoms with Gasteiger partial charge in [0.05, 0.1) is 13.7 Å². The quantitative estimate of drug-likeness (QED) is 0.561. The Morgan fingerprint density at radius 3 is 3.00 bits per heavy atom. The summed E-state index contributed by atoms with van der Waals surface area (Å²) in [6.07, 6.45) is 2.43. The fourth-order valence-corrected chi connectivity index (χ4v) is 2.99. The lowest BCUT2D eigenvalue weighted by Gasteiger charge is -2.23. The van der Waals surface area contributed by atoms with Crippen LogP contribution >= 0.6 is 0 Å². The highest BCUT2D eigenvalue weighted by Crippen LogP contribution is 2.20. The van der Waals surface area contributed by atoms with Crippen LogP contribution in [-0.2, 0) is 0 Å². The third-order valence-electron chi connectivity index (χ3n) is 4.32. The van der Waals surface area contributed by atoms with Crippen LogP contribution in [-0.4, -0.2) is 56.3 Å². The maximum Gasteiger partial charge on any atom is 0.188 e. The molecule has 3 N–H and O–H groups in total. The summed E-state index contributed by atoms with van der Waals surface area (Å²) in [6, 6.07) is 8.13. The predicted octanol–water partition coefficient (Wildman–Crippen LogP) is 1.85. The summed E-state index contributed by atoms with van der Waals surface area (Å²) < 4.78 is 11.0. The highest BCUT2D eigenvalue weighted by atomic mass is 16.5. The number of likely N-dealkylation sites (tertiary alicyclic amines) is 1. The van der Waals surface area contributed by atoms with Crippen LogP contribution in [0.4, 0.5) is 0 Å². The molecular formula is C18H30N4O2. The van der Waals surface area contributed by atoms with Crippen LogP contribution in [0.3, 0.4) is 0 Å². The molecule has 1 heterocycles. The zero-order chi connectivity index (χ0) is 17.4. The maximum atomic E-state index is 5.97. The van der Waals surface area contributed by atoms with Gasteiger partial charge in [0.2, 0.25) is 0 Å². The summed E-state index contributed by atoms with van der Waals surface area (Å²) in [6.45, 7) is 7.83. The van der Waals surface area contributed by atoms with E-state index in [9.17, 15) is 0 Å². The minimum absolute atomic E-state index is 0.0592. The maximum absolute atomic E-state index is 5.97. The topological polar surface area (TPSA) is 72.1 Å². The molecule has 2 rings (SSSR count). The molecule has 0 spiro atoms. The van der Waals surface area contributed by atoms with Gasteiger partial charge in [0.25, 0.3) is 0 Å². The molecule has 1 aliphatic heterocycles. The van der Waals surface area contributed by atoms with E-state index >= 15 is 0 Å². The number of methoxy groups -OCH3 is 1. The number of guanidine groups is 1. The number of nitrogens with two attached hydrogens (primary N) is 1. The minimum Gasteiger partial charge on any atom is -0.497 e. The van der Waals surface area contributed by atoms with Gasteiger partial charge in [0, 0.05) is 18.7 Å². The number of rotatable bonds is 8. The van der Waals surface area contributed by atoms with E-state index in [-0.39, 0.29) is 6.10 Å². The molecule has 134 valence electrons. The first kappa shape index (κ1) is 18.4. The standard InChI is InChI=1S/C18H30N4O2/c1-4-22-10-6-7-15(22)13-21-18(19)20-12-14(2)24-17-9-5-8-16(11-17)23-3/h5,8-9,11,14-15H,4,6-7,10,12-13H2,1-3H3,(H3,19,20,21). The number of hydrogen-bond donors (Lipinski definition) is 2. The Kier molecular flexibility index (Phi) is 7.18. The molecule has 1 fully saturated rings. The summed E-state index contributed by atoms with van der Waals surface area (Å²) in [4.78, 5) is 6.86. The van der Waals surface area contributed by atoms with Gasteiger partial charge in [-0.2, -0.15) is 0 Å². The SMILES string of the molecule is CCN1CCCC1CNC(N)=NCC(C)Oc1cccc(OC)c1. The Hall–Kier alpha value is -1.95. The minimum atomic E-state index is -0.0592. The molecule has 1 aliphatic rings. The van der Waals surface area contributed by atoms with Gasteiger partial charge in [-0.1, -0.05) is 13.0 Å². The number of ether oxygens (including phenoxy) is 2. The molecule has 0 radical (unpaired) electrons. The number of benzene rings is 1. The zero-order valence-corrected chi connectivity index (χ0v) is 15.0. The zero-order valence-electron chi connectivity index (χ0n) is 15.0. The molecule has 2 atom stereocenters. The van der Waals surface area contributed by atoms with Crippen molar-refractivity contribution in [2.24, 2.45) is 10.7 Å². The third kappa shape index (κ3) is 5.60. The van der Waals surface area contributed by atoms with Crippen LogP contribution in [0.5, 0.6) is 11.5 Å². The van der Waals surface area contributed by atoms with E-state index in [1.165, 1.54) is 19.4 Å². The Bertz CT molecular complexity index is 536. The first-order chi connectivity index (χ1) is 11.6. The van der Waals surface area contributed by atoms with Crippen molar-refractivity contribution >= 4 is 5.96 Å².